The predicted molar refractivity (Wildman–Crippen MR) is 186 cm³/mol. The van der Waals surface area contributed by atoms with Crippen LogP contribution in [0.1, 0.15) is 33.3 Å². The molecule has 13 nitrogen and oxygen atoms in total. The van der Waals surface area contributed by atoms with Gasteiger partial charge >= 0.3 is 12.1 Å². The molecule has 4 N–H and O–H groups in total. The Labute approximate surface area is 291 Å². The Bertz CT molecular complexity index is 1100. The van der Waals surface area contributed by atoms with Gasteiger partial charge in [0.2, 0.25) is 0 Å². The molecule has 0 saturated carbocycles. The van der Waals surface area contributed by atoms with Gasteiger partial charge in [-0.1, -0.05) is 78.9 Å². The van der Waals surface area contributed by atoms with Gasteiger partial charge < -0.3 is 53.8 Å². The molecule has 0 aliphatic rings. The smallest absolute Gasteiger partial charge is 0.408 e. The van der Waals surface area contributed by atoms with Crippen molar-refractivity contribution in [2.45, 2.75) is 64.8 Å². The summed E-state index contributed by atoms with van der Waals surface area (Å²) >= 11 is 0. The van der Waals surface area contributed by atoms with Gasteiger partial charge in [0.25, 0.3) is 0 Å². The second kappa shape index (κ2) is 27.4. The van der Waals surface area contributed by atoms with Crippen molar-refractivity contribution in [3.05, 3.63) is 84.5 Å². The number of carbonyl (C=O) groups excluding carboxylic acids is 2. The first kappa shape index (κ1) is 45.6. The van der Waals surface area contributed by atoms with Crippen LogP contribution in [0, 0.1) is 0 Å². The van der Waals surface area contributed by atoms with E-state index in [4.69, 9.17) is 43.4 Å². The zero-order chi connectivity index (χ0) is 37.2. The number of benzene rings is 1. The summed E-state index contributed by atoms with van der Waals surface area (Å²) < 4.78 is 37.7. The van der Waals surface area contributed by atoms with E-state index in [1.807, 2.05) is 44.2 Å². The molecule has 1 amide bonds. The molecule has 0 aromatic heterocycles. The van der Waals surface area contributed by atoms with Gasteiger partial charge in [0.15, 0.2) is 6.04 Å². The van der Waals surface area contributed by atoms with E-state index in [9.17, 15) is 14.7 Å². The van der Waals surface area contributed by atoms with E-state index in [-0.39, 0.29) is 52.9 Å². The molecule has 5 atom stereocenters. The second-order valence-electron chi connectivity index (χ2n) is 11.6. The molecular weight excluding hydrogens is 638 g/mol. The minimum Gasteiger partial charge on any atom is -0.467 e. The molecule has 0 aliphatic heterocycles. The number of methoxy groups -OCH3 is 1. The quantitative estimate of drug-likeness (QED) is 0.0871. The monoisotopic (exact) mass is 695 g/mol. The maximum Gasteiger partial charge on any atom is 0.408 e. The second-order valence-corrected chi connectivity index (χ2v) is 11.6. The highest BCUT2D eigenvalue weighted by molar-refractivity contribution is 5.81. The van der Waals surface area contributed by atoms with Gasteiger partial charge in [-0.3, -0.25) is 0 Å². The molecule has 1 rings (SSSR count). The molecule has 0 aliphatic carbocycles. The lowest BCUT2D eigenvalue weighted by molar-refractivity contribution is -0.146. The lowest BCUT2D eigenvalue weighted by Crippen LogP contribution is -2.46. The van der Waals surface area contributed by atoms with E-state index in [1.165, 1.54) is 7.11 Å². The molecule has 0 spiro atoms. The molecule has 0 radical (unpaired) electrons. The number of hydrogen-bond acceptors (Lipinski definition) is 12. The summed E-state index contributed by atoms with van der Waals surface area (Å²) in [5.74, 6) is -0.691. The first-order chi connectivity index (χ1) is 23.3. The Morgan fingerprint density at radius 2 is 1.08 bits per heavy atom. The third-order valence-electron chi connectivity index (χ3n) is 6.10. The summed E-state index contributed by atoms with van der Waals surface area (Å²) in [5, 5.41) is 30.4. The topological polar surface area (TPSA) is 171 Å². The van der Waals surface area contributed by atoms with Crippen molar-refractivity contribution >= 4 is 12.1 Å². The highest BCUT2D eigenvalue weighted by Crippen LogP contribution is 2.10. The van der Waals surface area contributed by atoms with Crippen LogP contribution < -0.4 is 5.32 Å². The number of aliphatic hydroxyl groups is 3. The van der Waals surface area contributed by atoms with E-state index in [1.54, 1.807) is 13.8 Å². The van der Waals surface area contributed by atoms with Gasteiger partial charge in [0, 0.05) is 0 Å². The third kappa shape index (κ3) is 22.8. The van der Waals surface area contributed by atoms with Crippen molar-refractivity contribution in [1.29, 1.82) is 0 Å². The van der Waals surface area contributed by atoms with Gasteiger partial charge in [0.05, 0.1) is 66.6 Å². The molecule has 0 fully saturated rings. The fraction of sp³-hybridized carbons (Fsp3) is 0.556. The van der Waals surface area contributed by atoms with E-state index >= 15 is 0 Å². The van der Waals surface area contributed by atoms with E-state index in [0.29, 0.717) is 13.2 Å². The maximum atomic E-state index is 12.1. The molecule has 13 heteroatoms. The van der Waals surface area contributed by atoms with E-state index in [2.05, 4.69) is 31.6 Å². The standard InChI is InChI=1S/C24H35NO8.C12H22O4/c1-17(2)12-31-21(11-26)22(32-13-18(3)4)16-30-15-20(23(27)29-5)25-24(28)33-14-19-9-7-6-8-10-19;1-9(2)7-15-11(5-13)12(6-14)16-8-10(3)4/h6-10,20-22,26H,1,3,11-16H2,2,4-5H3,(H,25,28);11-14H,1,3,5-8H2,2,4H3/t20-,21-,22-;11-,12-/m00/s1. The molecule has 0 unspecified atom stereocenters. The predicted octanol–water partition coefficient (Wildman–Crippen LogP) is 3.28. The first-order valence-electron chi connectivity index (χ1n) is 15.8. The van der Waals surface area contributed by atoms with Crippen LogP contribution in [0.5, 0.6) is 0 Å². The number of esters is 1. The van der Waals surface area contributed by atoms with Crippen LogP contribution in [0.4, 0.5) is 4.79 Å². The highest BCUT2D eigenvalue weighted by Gasteiger charge is 2.27. The van der Waals surface area contributed by atoms with Crippen molar-refractivity contribution in [3.8, 4) is 0 Å². The van der Waals surface area contributed by atoms with Crippen LogP contribution in [0.2, 0.25) is 0 Å². The van der Waals surface area contributed by atoms with Gasteiger partial charge in [-0.2, -0.15) is 0 Å². The summed E-state index contributed by atoms with van der Waals surface area (Å²) in [6, 6.07) is 8.04. The van der Waals surface area contributed by atoms with Crippen molar-refractivity contribution in [3.63, 3.8) is 0 Å². The molecule has 0 heterocycles. The SMILES string of the molecule is C=C(C)CO[C@@H](CO)[C@H](CO)OCC(=C)C.C=C(C)CO[C@@H](CO)[C@H](COC[C@H](NC(=O)OCc1ccccc1)C(=O)OC)OCC(=C)C. The van der Waals surface area contributed by atoms with Crippen molar-refractivity contribution in [2.75, 3.05) is 66.6 Å². The molecule has 0 bridgehead atoms. The van der Waals surface area contributed by atoms with Gasteiger partial charge in [0.1, 0.15) is 31.0 Å². The Hall–Kier alpha value is -3.40. The molecule has 1 aromatic rings. The van der Waals surface area contributed by atoms with Gasteiger partial charge in [-0.05, 0) is 33.3 Å². The van der Waals surface area contributed by atoms with Crippen LogP contribution in [0.15, 0.2) is 78.9 Å². The van der Waals surface area contributed by atoms with Crippen LogP contribution in [0.3, 0.4) is 0 Å². The number of aliphatic hydroxyl groups excluding tert-OH is 3. The lowest BCUT2D eigenvalue weighted by Gasteiger charge is -2.27. The molecule has 49 heavy (non-hydrogen) atoms. The normalized spacial score (nSPS) is 13.8. The summed E-state index contributed by atoms with van der Waals surface area (Å²) in [6.45, 7) is 22.6. The summed E-state index contributed by atoms with van der Waals surface area (Å²) in [6.07, 6.45) is -3.19. The Balaban J connectivity index is 0.00000121. The average molecular weight is 696 g/mol. The number of carbonyl (C=O) groups is 2. The number of alkyl carbamates (subject to hydrolysis) is 1. The summed E-state index contributed by atoms with van der Waals surface area (Å²) in [5.41, 5.74) is 4.09. The molecule has 0 saturated heterocycles. The number of hydrogen-bond donors (Lipinski definition) is 4. The molecular formula is C36H57NO12. The fourth-order valence-electron chi connectivity index (χ4n) is 3.61. The van der Waals surface area contributed by atoms with E-state index in [0.717, 1.165) is 27.9 Å². The maximum absolute atomic E-state index is 12.1. The van der Waals surface area contributed by atoms with E-state index < -0.39 is 42.5 Å². The van der Waals surface area contributed by atoms with Crippen molar-refractivity contribution in [1.82, 2.24) is 5.32 Å². The number of rotatable bonds is 25. The van der Waals surface area contributed by atoms with Crippen LogP contribution >= 0.6 is 0 Å². The Morgan fingerprint density at radius 1 is 0.673 bits per heavy atom. The number of nitrogens with one attached hydrogen (secondary N) is 1. The minimum atomic E-state index is -1.09. The largest absolute Gasteiger partial charge is 0.467 e. The summed E-state index contributed by atoms with van der Waals surface area (Å²) in [4.78, 5) is 24.2. The first-order valence-corrected chi connectivity index (χ1v) is 15.8. The van der Waals surface area contributed by atoms with Crippen LogP contribution in [-0.4, -0.2) is 124 Å². The molecule has 1 aromatic carbocycles. The fourth-order valence-corrected chi connectivity index (χ4v) is 3.61. The lowest BCUT2D eigenvalue weighted by atomic mass is 10.2. The van der Waals surface area contributed by atoms with Crippen molar-refractivity contribution in [2.24, 2.45) is 0 Å². The van der Waals surface area contributed by atoms with Crippen molar-refractivity contribution < 1.29 is 58.1 Å². The summed E-state index contributed by atoms with van der Waals surface area (Å²) in [7, 11) is 1.21. The third-order valence-corrected chi connectivity index (χ3v) is 6.10. The zero-order valence-corrected chi connectivity index (χ0v) is 29.7. The van der Waals surface area contributed by atoms with Gasteiger partial charge in [-0.25, -0.2) is 9.59 Å². The number of ether oxygens (including phenoxy) is 7. The van der Waals surface area contributed by atoms with Gasteiger partial charge in [-0.15, -0.1) is 0 Å². The number of amides is 1. The Morgan fingerprint density at radius 3 is 1.47 bits per heavy atom. The van der Waals surface area contributed by atoms with Crippen LogP contribution in [-0.2, 0) is 44.6 Å². The zero-order valence-electron chi connectivity index (χ0n) is 29.7. The minimum absolute atomic E-state index is 0.0110. The van der Waals surface area contributed by atoms with Crippen LogP contribution in [0.25, 0.3) is 0 Å². The highest BCUT2D eigenvalue weighted by atomic mass is 16.6. The average Bonchev–Trinajstić information content (AvgIpc) is 3.06. The Kier molecular flexibility index (Phi) is 25.5. The molecule has 278 valence electrons.